The number of piperazine rings is 1. The van der Waals surface area contributed by atoms with Gasteiger partial charge in [-0.1, -0.05) is 0 Å². The van der Waals surface area contributed by atoms with Gasteiger partial charge in [-0.25, -0.2) is 0 Å². The van der Waals surface area contributed by atoms with E-state index in [-0.39, 0.29) is 29.9 Å². The van der Waals surface area contributed by atoms with Crippen LogP contribution in [0, 0.1) is 0 Å². The Bertz CT molecular complexity index is 545. The van der Waals surface area contributed by atoms with Crippen molar-refractivity contribution in [1.82, 2.24) is 20.4 Å². The van der Waals surface area contributed by atoms with Crippen LogP contribution in [0.15, 0.2) is 27.8 Å². The zero-order chi connectivity index (χ0) is 18.6. The number of amides is 1. The van der Waals surface area contributed by atoms with E-state index in [2.05, 4.69) is 27.4 Å². The van der Waals surface area contributed by atoms with Crippen molar-refractivity contribution in [2.45, 2.75) is 13.3 Å². The molecule has 0 aromatic carbocycles. The average Bonchev–Trinajstić information content (AvgIpc) is 3.15. The van der Waals surface area contributed by atoms with E-state index in [1.54, 1.807) is 13.4 Å². The third-order valence-electron chi connectivity index (χ3n) is 4.20. The summed E-state index contributed by atoms with van der Waals surface area (Å²) in [7, 11) is 1.63. The summed E-state index contributed by atoms with van der Waals surface area (Å²) < 4.78 is 10.3. The van der Waals surface area contributed by atoms with Gasteiger partial charge in [-0.05, 0) is 19.1 Å². The van der Waals surface area contributed by atoms with E-state index in [0.29, 0.717) is 26.2 Å². The molecule has 2 rings (SSSR count). The van der Waals surface area contributed by atoms with Crippen LogP contribution in [0.25, 0.3) is 0 Å². The van der Waals surface area contributed by atoms with Crippen LogP contribution in [0.1, 0.15) is 12.7 Å². The Morgan fingerprint density at radius 3 is 2.70 bits per heavy atom. The van der Waals surface area contributed by atoms with Gasteiger partial charge in [-0.3, -0.25) is 14.7 Å². The lowest BCUT2D eigenvalue weighted by Gasteiger charge is -2.36. The molecule has 1 aliphatic heterocycles. The molecule has 2 N–H and O–H groups in total. The van der Waals surface area contributed by atoms with E-state index in [1.165, 1.54) is 0 Å². The first-order valence-corrected chi connectivity index (χ1v) is 9.26. The predicted octanol–water partition coefficient (Wildman–Crippen LogP) is 0.786. The van der Waals surface area contributed by atoms with E-state index >= 15 is 0 Å². The molecule has 0 aliphatic carbocycles. The summed E-state index contributed by atoms with van der Waals surface area (Å²) in [5.41, 5.74) is 0. The van der Waals surface area contributed by atoms with E-state index in [1.807, 2.05) is 12.1 Å². The topological polar surface area (TPSA) is 82.3 Å². The maximum atomic E-state index is 11.9. The SMILES string of the molecule is CCNC(=NCCc1ccco1)N1CCN(CC(=O)NCCOC)CC1.I. The number of methoxy groups -OCH3 is 1. The minimum Gasteiger partial charge on any atom is -0.469 e. The number of aliphatic imine (C=N–C) groups is 1. The van der Waals surface area contributed by atoms with Crippen molar-refractivity contribution in [3.63, 3.8) is 0 Å². The van der Waals surface area contributed by atoms with E-state index in [0.717, 1.165) is 50.9 Å². The van der Waals surface area contributed by atoms with Crippen molar-refractivity contribution < 1.29 is 13.9 Å². The standard InChI is InChI=1S/C18H31N5O3.HI/c1-3-19-18(21-7-6-16-5-4-13-26-16)23-11-9-22(10-12-23)15-17(24)20-8-14-25-2;/h4-5,13H,3,6-12,14-15H2,1-2H3,(H,19,21)(H,20,24);1H. The Morgan fingerprint density at radius 1 is 1.30 bits per heavy atom. The average molecular weight is 493 g/mol. The maximum absolute atomic E-state index is 11.9. The minimum absolute atomic E-state index is 0. The van der Waals surface area contributed by atoms with Gasteiger partial charge in [0.2, 0.25) is 5.91 Å². The highest BCUT2D eigenvalue weighted by Gasteiger charge is 2.21. The van der Waals surface area contributed by atoms with Gasteiger partial charge in [0.15, 0.2) is 5.96 Å². The number of nitrogens with one attached hydrogen (secondary N) is 2. The lowest BCUT2D eigenvalue weighted by Crippen LogP contribution is -2.54. The molecule has 1 fully saturated rings. The number of furan rings is 1. The molecule has 0 saturated carbocycles. The van der Waals surface area contributed by atoms with Gasteiger partial charge in [-0.15, -0.1) is 24.0 Å². The molecular formula is C18H32IN5O3. The van der Waals surface area contributed by atoms with Crippen LogP contribution in [0.4, 0.5) is 0 Å². The molecule has 1 aromatic rings. The summed E-state index contributed by atoms with van der Waals surface area (Å²) in [6.07, 6.45) is 2.48. The Hall–Kier alpha value is -1.33. The van der Waals surface area contributed by atoms with Crippen LogP contribution in [0.2, 0.25) is 0 Å². The largest absolute Gasteiger partial charge is 0.469 e. The molecule has 0 radical (unpaired) electrons. The summed E-state index contributed by atoms with van der Waals surface area (Å²) in [4.78, 5) is 21.0. The molecule has 1 aliphatic rings. The minimum atomic E-state index is 0. The van der Waals surface area contributed by atoms with Crippen molar-refractivity contribution in [2.24, 2.45) is 4.99 Å². The molecule has 9 heteroatoms. The third-order valence-corrected chi connectivity index (χ3v) is 4.20. The van der Waals surface area contributed by atoms with Crippen molar-refractivity contribution in [2.75, 3.05) is 66.1 Å². The van der Waals surface area contributed by atoms with Crippen molar-refractivity contribution in [3.05, 3.63) is 24.2 Å². The Morgan fingerprint density at radius 2 is 2.07 bits per heavy atom. The monoisotopic (exact) mass is 493 g/mol. The van der Waals surface area contributed by atoms with Gasteiger partial charge < -0.3 is 24.7 Å². The van der Waals surface area contributed by atoms with E-state index in [9.17, 15) is 4.79 Å². The molecule has 1 aromatic heterocycles. The second-order valence-corrected chi connectivity index (χ2v) is 6.17. The van der Waals surface area contributed by atoms with Gasteiger partial charge in [0.1, 0.15) is 5.76 Å². The van der Waals surface area contributed by atoms with Crippen LogP contribution in [0.5, 0.6) is 0 Å². The summed E-state index contributed by atoms with van der Waals surface area (Å²) in [5, 5.41) is 6.22. The van der Waals surface area contributed by atoms with Gasteiger partial charge in [-0.2, -0.15) is 0 Å². The van der Waals surface area contributed by atoms with Crippen LogP contribution >= 0.6 is 24.0 Å². The third kappa shape index (κ3) is 8.93. The fraction of sp³-hybridized carbons (Fsp3) is 0.667. The van der Waals surface area contributed by atoms with Crippen LogP contribution in [-0.4, -0.2) is 87.7 Å². The molecule has 1 saturated heterocycles. The predicted molar refractivity (Wildman–Crippen MR) is 117 cm³/mol. The highest BCUT2D eigenvalue weighted by Crippen LogP contribution is 2.04. The molecule has 0 atom stereocenters. The number of ether oxygens (including phenoxy) is 1. The number of carbonyl (C=O) groups excluding carboxylic acids is 1. The lowest BCUT2D eigenvalue weighted by atomic mass is 10.3. The van der Waals surface area contributed by atoms with Crippen molar-refractivity contribution in [1.29, 1.82) is 0 Å². The number of nitrogens with zero attached hydrogens (tertiary/aromatic N) is 3. The zero-order valence-electron chi connectivity index (χ0n) is 16.3. The lowest BCUT2D eigenvalue weighted by molar-refractivity contribution is -0.122. The summed E-state index contributed by atoms with van der Waals surface area (Å²) in [6.45, 7) is 8.55. The second-order valence-electron chi connectivity index (χ2n) is 6.17. The van der Waals surface area contributed by atoms with Gasteiger partial charge in [0.05, 0.1) is 19.4 Å². The van der Waals surface area contributed by atoms with Gasteiger partial charge in [0, 0.05) is 59.3 Å². The summed E-state index contributed by atoms with van der Waals surface area (Å²) >= 11 is 0. The van der Waals surface area contributed by atoms with Crippen LogP contribution in [0.3, 0.4) is 0 Å². The van der Waals surface area contributed by atoms with Crippen LogP contribution < -0.4 is 10.6 Å². The zero-order valence-corrected chi connectivity index (χ0v) is 18.6. The second kappa shape index (κ2) is 13.8. The van der Waals surface area contributed by atoms with Crippen LogP contribution in [-0.2, 0) is 16.0 Å². The fourth-order valence-electron chi connectivity index (χ4n) is 2.82. The van der Waals surface area contributed by atoms with Crippen molar-refractivity contribution >= 4 is 35.8 Å². The molecule has 2 heterocycles. The van der Waals surface area contributed by atoms with E-state index < -0.39 is 0 Å². The van der Waals surface area contributed by atoms with Gasteiger partial charge >= 0.3 is 0 Å². The molecule has 154 valence electrons. The number of hydrogen-bond acceptors (Lipinski definition) is 5. The van der Waals surface area contributed by atoms with Crippen molar-refractivity contribution in [3.8, 4) is 0 Å². The molecule has 1 amide bonds. The molecule has 0 spiro atoms. The number of carbonyl (C=O) groups is 1. The molecule has 0 unspecified atom stereocenters. The first kappa shape index (κ1) is 23.7. The Kier molecular flexibility index (Phi) is 12.1. The smallest absolute Gasteiger partial charge is 0.234 e. The molecular weight excluding hydrogens is 461 g/mol. The normalized spacial score (nSPS) is 15.3. The van der Waals surface area contributed by atoms with E-state index in [4.69, 9.17) is 14.1 Å². The summed E-state index contributed by atoms with van der Waals surface area (Å²) in [5.74, 6) is 1.94. The molecule has 0 bridgehead atoms. The highest BCUT2D eigenvalue weighted by atomic mass is 127. The first-order valence-electron chi connectivity index (χ1n) is 9.26. The number of guanidine groups is 1. The Labute approximate surface area is 178 Å². The molecule has 8 nitrogen and oxygen atoms in total. The summed E-state index contributed by atoms with van der Waals surface area (Å²) in [6, 6.07) is 3.87. The number of rotatable bonds is 9. The highest BCUT2D eigenvalue weighted by molar-refractivity contribution is 14.0. The van der Waals surface area contributed by atoms with Gasteiger partial charge in [0.25, 0.3) is 0 Å². The number of hydrogen-bond donors (Lipinski definition) is 2. The quantitative estimate of drug-likeness (QED) is 0.229. The fourth-order valence-corrected chi connectivity index (χ4v) is 2.82. The number of halogens is 1. The first-order chi connectivity index (χ1) is 12.7. The molecule has 27 heavy (non-hydrogen) atoms. The maximum Gasteiger partial charge on any atom is 0.234 e. The Balaban J connectivity index is 0.00000364.